The fraction of sp³-hybridized carbons (Fsp3) is 0.474. The molecule has 0 spiro atoms. The Balaban J connectivity index is 0.00000261. The van der Waals surface area contributed by atoms with Crippen LogP contribution in [0.3, 0.4) is 0 Å². The molecule has 1 aliphatic heterocycles. The topological polar surface area (TPSA) is 54.0 Å². The van der Waals surface area contributed by atoms with Crippen molar-refractivity contribution < 1.29 is 13.6 Å². The molecule has 1 aromatic heterocycles. The van der Waals surface area contributed by atoms with Gasteiger partial charge in [-0.3, -0.25) is 4.79 Å². The summed E-state index contributed by atoms with van der Waals surface area (Å²) in [5.41, 5.74) is 0.670. The van der Waals surface area contributed by atoms with Crippen molar-refractivity contribution in [1.82, 2.24) is 10.3 Å². The molecule has 148 valence electrons. The number of hydrogen-bond acceptors (Lipinski definition) is 4. The molecule has 1 aliphatic rings. The third-order valence-corrected chi connectivity index (χ3v) is 5.72. The molecule has 8 heteroatoms. The minimum absolute atomic E-state index is 0. The van der Waals surface area contributed by atoms with E-state index in [1.54, 1.807) is 12.3 Å². The summed E-state index contributed by atoms with van der Waals surface area (Å²) in [4.78, 5) is 17.4. The SMILES string of the molecule is CC(CC(=O)Nc1ncc(Cc2ccc(F)c(F)c2)s1)C1CCCNC1.Cl. The maximum atomic E-state index is 13.3. The first-order chi connectivity index (χ1) is 12.5. The van der Waals surface area contributed by atoms with E-state index >= 15 is 0 Å². The fourth-order valence-corrected chi connectivity index (χ4v) is 4.15. The van der Waals surface area contributed by atoms with Gasteiger partial charge in [0.15, 0.2) is 16.8 Å². The number of amides is 1. The monoisotopic (exact) mass is 415 g/mol. The highest BCUT2D eigenvalue weighted by Crippen LogP contribution is 2.25. The smallest absolute Gasteiger partial charge is 0.226 e. The Hall–Kier alpha value is -1.57. The number of benzene rings is 1. The Morgan fingerprint density at radius 2 is 2.22 bits per heavy atom. The zero-order chi connectivity index (χ0) is 18.5. The molecular weight excluding hydrogens is 392 g/mol. The highest BCUT2D eigenvalue weighted by Gasteiger charge is 2.22. The van der Waals surface area contributed by atoms with Crippen LogP contribution in [0.2, 0.25) is 0 Å². The number of hydrogen-bond donors (Lipinski definition) is 2. The Labute approximate surface area is 168 Å². The number of aromatic nitrogens is 1. The molecule has 0 bridgehead atoms. The van der Waals surface area contributed by atoms with Gasteiger partial charge >= 0.3 is 0 Å². The molecule has 2 unspecified atom stereocenters. The van der Waals surface area contributed by atoms with Gasteiger partial charge in [-0.05, 0) is 55.5 Å². The summed E-state index contributed by atoms with van der Waals surface area (Å²) in [5, 5.41) is 6.78. The molecule has 1 amide bonds. The highest BCUT2D eigenvalue weighted by atomic mass is 35.5. The number of nitrogens with one attached hydrogen (secondary N) is 2. The highest BCUT2D eigenvalue weighted by molar-refractivity contribution is 7.15. The van der Waals surface area contributed by atoms with Gasteiger partial charge in [-0.25, -0.2) is 13.8 Å². The first-order valence-electron chi connectivity index (χ1n) is 8.90. The van der Waals surface area contributed by atoms with Crippen LogP contribution in [0.1, 0.15) is 36.6 Å². The molecule has 27 heavy (non-hydrogen) atoms. The van der Waals surface area contributed by atoms with Gasteiger partial charge in [0.1, 0.15) is 0 Å². The van der Waals surface area contributed by atoms with Crippen molar-refractivity contribution in [3.05, 3.63) is 46.5 Å². The minimum Gasteiger partial charge on any atom is -0.316 e. The lowest BCUT2D eigenvalue weighted by atomic mass is 9.85. The number of nitrogens with zero attached hydrogens (tertiary/aromatic N) is 1. The summed E-state index contributed by atoms with van der Waals surface area (Å²) in [5.74, 6) is -0.879. The van der Waals surface area contributed by atoms with Gasteiger partial charge < -0.3 is 10.6 Å². The van der Waals surface area contributed by atoms with E-state index in [9.17, 15) is 13.6 Å². The molecule has 0 aliphatic carbocycles. The van der Waals surface area contributed by atoms with Crippen molar-refractivity contribution in [2.45, 2.75) is 32.6 Å². The molecule has 1 fully saturated rings. The molecule has 1 saturated heterocycles. The van der Waals surface area contributed by atoms with E-state index in [1.807, 2.05) is 0 Å². The second-order valence-corrected chi connectivity index (χ2v) is 8.01. The lowest BCUT2D eigenvalue weighted by Gasteiger charge is -2.27. The number of carbonyl (C=O) groups is 1. The van der Waals surface area contributed by atoms with Gasteiger partial charge in [-0.1, -0.05) is 13.0 Å². The molecule has 2 aromatic rings. The van der Waals surface area contributed by atoms with Crippen molar-refractivity contribution in [2.24, 2.45) is 11.8 Å². The summed E-state index contributed by atoms with van der Waals surface area (Å²) in [6.07, 6.45) is 4.92. The second kappa shape index (κ2) is 10.1. The van der Waals surface area contributed by atoms with Crippen molar-refractivity contribution in [1.29, 1.82) is 0 Å². The van der Waals surface area contributed by atoms with Gasteiger partial charge in [-0.2, -0.15) is 0 Å². The van der Waals surface area contributed by atoms with Gasteiger partial charge in [0.05, 0.1) is 0 Å². The van der Waals surface area contributed by atoms with E-state index in [0.717, 1.165) is 36.9 Å². The zero-order valence-corrected chi connectivity index (χ0v) is 16.8. The van der Waals surface area contributed by atoms with Crippen LogP contribution in [-0.2, 0) is 11.2 Å². The van der Waals surface area contributed by atoms with Crippen LogP contribution < -0.4 is 10.6 Å². The molecule has 0 radical (unpaired) electrons. The quantitative estimate of drug-likeness (QED) is 0.735. The largest absolute Gasteiger partial charge is 0.316 e. The Bertz CT molecular complexity index is 765. The Morgan fingerprint density at radius 3 is 2.93 bits per heavy atom. The summed E-state index contributed by atoms with van der Waals surface area (Å²) >= 11 is 1.36. The third kappa shape index (κ3) is 6.23. The predicted molar refractivity (Wildman–Crippen MR) is 107 cm³/mol. The van der Waals surface area contributed by atoms with Crippen LogP contribution in [-0.4, -0.2) is 24.0 Å². The van der Waals surface area contributed by atoms with Gasteiger partial charge in [-0.15, -0.1) is 23.7 Å². The maximum absolute atomic E-state index is 13.3. The average Bonchev–Trinajstić information content (AvgIpc) is 3.05. The normalized spacial score (nSPS) is 17.8. The van der Waals surface area contributed by atoms with Crippen LogP contribution in [0.4, 0.5) is 13.9 Å². The van der Waals surface area contributed by atoms with Gasteiger partial charge in [0.2, 0.25) is 5.91 Å². The van der Waals surface area contributed by atoms with E-state index in [0.29, 0.717) is 35.4 Å². The summed E-state index contributed by atoms with van der Waals surface area (Å²) < 4.78 is 26.3. The lowest BCUT2D eigenvalue weighted by Crippen LogP contribution is -2.34. The predicted octanol–water partition coefficient (Wildman–Crippen LogP) is 4.40. The molecular formula is C19H24ClF2N3OS. The molecule has 1 aromatic carbocycles. The van der Waals surface area contributed by atoms with Gasteiger partial charge in [0.25, 0.3) is 0 Å². The maximum Gasteiger partial charge on any atom is 0.226 e. The van der Waals surface area contributed by atoms with Crippen molar-refractivity contribution >= 4 is 34.8 Å². The van der Waals surface area contributed by atoms with Crippen LogP contribution in [0.5, 0.6) is 0 Å². The van der Waals surface area contributed by atoms with E-state index in [4.69, 9.17) is 0 Å². The van der Waals surface area contributed by atoms with Crippen LogP contribution in [0.15, 0.2) is 24.4 Å². The van der Waals surface area contributed by atoms with Crippen LogP contribution in [0, 0.1) is 23.5 Å². The zero-order valence-electron chi connectivity index (χ0n) is 15.1. The van der Waals surface area contributed by atoms with E-state index in [1.165, 1.54) is 17.4 Å². The van der Waals surface area contributed by atoms with Crippen LogP contribution >= 0.6 is 23.7 Å². The summed E-state index contributed by atoms with van der Waals surface area (Å²) in [6.45, 7) is 4.16. The molecule has 2 heterocycles. The summed E-state index contributed by atoms with van der Waals surface area (Å²) in [7, 11) is 0. The lowest BCUT2D eigenvalue weighted by molar-refractivity contribution is -0.117. The molecule has 0 saturated carbocycles. The molecule has 2 atom stereocenters. The van der Waals surface area contributed by atoms with E-state index in [-0.39, 0.29) is 18.3 Å². The van der Waals surface area contributed by atoms with Crippen molar-refractivity contribution in [3.8, 4) is 0 Å². The molecule has 3 rings (SSSR count). The standard InChI is InChI=1S/C19H23F2N3OS.ClH/c1-12(14-3-2-6-22-10-14)7-18(25)24-19-23-11-15(26-19)8-13-4-5-16(20)17(21)9-13;/h4-5,9,11-12,14,22H,2-3,6-8,10H2,1H3,(H,23,24,25);1H. The minimum atomic E-state index is -0.855. The molecule has 2 N–H and O–H groups in total. The average molecular weight is 416 g/mol. The Kier molecular flexibility index (Phi) is 8.13. The fourth-order valence-electron chi connectivity index (χ4n) is 3.29. The number of halogens is 3. The van der Waals surface area contributed by atoms with E-state index in [2.05, 4.69) is 22.5 Å². The van der Waals surface area contributed by atoms with Crippen molar-refractivity contribution in [2.75, 3.05) is 18.4 Å². The third-order valence-electron chi connectivity index (χ3n) is 4.81. The first kappa shape index (κ1) is 21.7. The van der Waals surface area contributed by atoms with Gasteiger partial charge in [0, 0.05) is 23.9 Å². The molecule has 4 nitrogen and oxygen atoms in total. The number of piperidine rings is 1. The van der Waals surface area contributed by atoms with Crippen molar-refractivity contribution in [3.63, 3.8) is 0 Å². The number of thiazole rings is 1. The number of rotatable bonds is 6. The number of anilines is 1. The second-order valence-electron chi connectivity index (χ2n) is 6.89. The van der Waals surface area contributed by atoms with E-state index < -0.39 is 11.6 Å². The number of carbonyl (C=O) groups excluding carboxylic acids is 1. The summed E-state index contributed by atoms with van der Waals surface area (Å²) in [6, 6.07) is 3.86. The first-order valence-corrected chi connectivity index (χ1v) is 9.72. The van der Waals surface area contributed by atoms with Crippen LogP contribution in [0.25, 0.3) is 0 Å². The Morgan fingerprint density at radius 1 is 1.41 bits per heavy atom.